The molecule has 10 nitrogen and oxygen atoms in total. The summed E-state index contributed by atoms with van der Waals surface area (Å²) < 4.78 is 28.8. The fourth-order valence-corrected chi connectivity index (χ4v) is 5.42. The molecule has 5 atom stereocenters. The van der Waals surface area contributed by atoms with Gasteiger partial charge in [-0.1, -0.05) is 30.3 Å². The van der Waals surface area contributed by atoms with Crippen LogP contribution in [0.15, 0.2) is 61.3 Å². The molecule has 2 saturated carbocycles. The number of rotatable bonds is 10. The van der Waals surface area contributed by atoms with E-state index in [1.807, 2.05) is 18.5 Å². The van der Waals surface area contributed by atoms with Crippen molar-refractivity contribution in [3.05, 3.63) is 78.0 Å². The number of aliphatic hydroxyl groups excluding tert-OH is 1. The van der Waals surface area contributed by atoms with Crippen LogP contribution in [-0.4, -0.2) is 52.6 Å². The molecule has 11 heteroatoms. The van der Waals surface area contributed by atoms with Crippen molar-refractivity contribution < 1.29 is 22.5 Å². The summed E-state index contributed by atoms with van der Waals surface area (Å²) in [7, 11) is -4.08. The predicted molar refractivity (Wildman–Crippen MR) is 132 cm³/mol. The molecule has 2 fully saturated rings. The molecule has 0 bridgehead atoms. The highest BCUT2D eigenvalue weighted by Gasteiger charge is 2.38. The van der Waals surface area contributed by atoms with E-state index in [-0.39, 0.29) is 18.4 Å². The molecule has 0 radical (unpaired) electrons. The van der Waals surface area contributed by atoms with Crippen LogP contribution in [0.4, 0.5) is 5.82 Å². The van der Waals surface area contributed by atoms with E-state index in [9.17, 15) is 18.3 Å². The van der Waals surface area contributed by atoms with Gasteiger partial charge >= 0.3 is 10.3 Å². The Labute approximate surface area is 209 Å². The number of nitrogens with zero attached hydrogens (tertiary/aromatic N) is 3. The highest BCUT2D eigenvalue weighted by Crippen LogP contribution is 2.48. The zero-order chi connectivity index (χ0) is 25.3. The van der Waals surface area contributed by atoms with Crippen molar-refractivity contribution in [2.75, 3.05) is 11.9 Å². The minimum atomic E-state index is -4.08. The second-order valence-corrected chi connectivity index (χ2v) is 10.9. The number of aromatic nitrogens is 3. The zero-order valence-electron chi connectivity index (χ0n) is 19.6. The normalized spacial score (nSPS) is 25.6. The minimum Gasteiger partial charge on any atom is -0.393 e. The van der Waals surface area contributed by atoms with Crippen LogP contribution in [0.5, 0.6) is 0 Å². The first-order chi connectivity index (χ1) is 17.3. The molecule has 2 aliphatic rings. The predicted octanol–water partition coefficient (Wildman–Crippen LogP) is 2.08. The Balaban J connectivity index is 1.22. The number of hydrogen-bond donors (Lipinski definition) is 3. The third kappa shape index (κ3) is 5.81. The van der Waals surface area contributed by atoms with E-state index in [2.05, 4.69) is 48.3 Å². The Morgan fingerprint density at radius 3 is 2.75 bits per heavy atom. The van der Waals surface area contributed by atoms with E-state index in [4.69, 9.17) is 5.14 Å². The van der Waals surface area contributed by atoms with E-state index >= 15 is 0 Å². The average molecular weight is 512 g/mol. The molecule has 0 unspecified atom stereocenters. The van der Waals surface area contributed by atoms with Gasteiger partial charge < -0.3 is 15.0 Å². The largest absolute Gasteiger partial charge is 0.393 e. The number of benzene rings is 1. The fourth-order valence-electron chi connectivity index (χ4n) is 5.06. The van der Waals surface area contributed by atoms with Crippen molar-refractivity contribution in [3.8, 4) is 0 Å². The lowest BCUT2D eigenvalue weighted by molar-refractivity contribution is 0.101. The molecular formula is C25H29N5O5S. The third-order valence-corrected chi connectivity index (χ3v) is 7.47. The second-order valence-electron chi connectivity index (χ2n) is 9.64. The maximum Gasteiger partial charge on any atom is 0.333 e. The Bertz CT molecular complexity index is 1330. The van der Waals surface area contributed by atoms with Gasteiger partial charge in [-0.05, 0) is 42.7 Å². The van der Waals surface area contributed by atoms with E-state index in [1.54, 1.807) is 6.07 Å². The van der Waals surface area contributed by atoms with Crippen LogP contribution in [0.3, 0.4) is 0 Å². The summed E-state index contributed by atoms with van der Waals surface area (Å²) in [5, 5.41) is 18.4. The lowest BCUT2D eigenvalue weighted by Gasteiger charge is -2.15. The molecule has 0 spiro atoms. The fraction of sp³-hybridized carbons (Fsp3) is 0.400. The van der Waals surface area contributed by atoms with Gasteiger partial charge in [-0.2, -0.15) is 8.42 Å². The summed E-state index contributed by atoms with van der Waals surface area (Å²) in [6, 6.07) is 12.1. The maximum absolute atomic E-state index is 13.3. The molecule has 1 aromatic carbocycles. The second kappa shape index (κ2) is 10.1. The standard InChI is InChI=1S/C25H29N5O5S/c26-36(33,34)35-14-19-8-20(10-23(19)31)29-25-22(11-27-15-28-25)24(32)17-6-7-30(12-17)13-18-9-21(18)16-4-2-1-3-5-16/h1-7,11-12,15,18-21,23,31H,8-10,13-14H2,(H2,26,33,34)(H,27,28,29)/t18-,19+,20+,21-,23-/m0/s1. The highest BCUT2D eigenvalue weighted by atomic mass is 32.2. The van der Waals surface area contributed by atoms with Gasteiger partial charge in [0.2, 0.25) is 0 Å². The number of carbonyl (C=O) groups is 1. The van der Waals surface area contributed by atoms with Crippen molar-refractivity contribution in [2.45, 2.75) is 43.9 Å². The molecule has 2 aromatic heterocycles. The summed E-state index contributed by atoms with van der Waals surface area (Å²) in [5.74, 6) is 0.893. The Morgan fingerprint density at radius 1 is 1.17 bits per heavy atom. The van der Waals surface area contributed by atoms with Gasteiger partial charge in [0.25, 0.3) is 0 Å². The molecule has 0 aliphatic heterocycles. The van der Waals surface area contributed by atoms with Crippen molar-refractivity contribution in [1.82, 2.24) is 14.5 Å². The van der Waals surface area contributed by atoms with Gasteiger partial charge in [0, 0.05) is 42.7 Å². The molecule has 2 aliphatic carbocycles. The van der Waals surface area contributed by atoms with Crippen LogP contribution in [0.2, 0.25) is 0 Å². The molecule has 0 amide bonds. The van der Waals surface area contributed by atoms with Gasteiger partial charge in [0.05, 0.1) is 18.3 Å². The van der Waals surface area contributed by atoms with E-state index in [1.165, 1.54) is 18.1 Å². The summed E-state index contributed by atoms with van der Waals surface area (Å²) in [6.07, 6.45) is 7.80. The summed E-state index contributed by atoms with van der Waals surface area (Å²) in [5.41, 5.74) is 2.25. The van der Waals surface area contributed by atoms with Gasteiger partial charge in [0.1, 0.15) is 12.1 Å². The van der Waals surface area contributed by atoms with E-state index < -0.39 is 22.3 Å². The SMILES string of the molecule is NS(=O)(=O)OC[C@H]1C[C@@H](Nc2ncncc2C(=O)c2ccn(C[C@@H]3C[C@H]3c3ccccc3)c2)C[C@@H]1O. The number of nitrogens with one attached hydrogen (secondary N) is 1. The Hall–Kier alpha value is -3.12. The first-order valence-corrected chi connectivity index (χ1v) is 13.4. The van der Waals surface area contributed by atoms with Gasteiger partial charge in [0.15, 0.2) is 5.78 Å². The maximum atomic E-state index is 13.3. The van der Waals surface area contributed by atoms with Crippen molar-refractivity contribution in [1.29, 1.82) is 0 Å². The van der Waals surface area contributed by atoms with Gasteiger partial charge in [-0.3, -0.25) is 8.98 Å². The Morgan fingerprint density at radius 2 is 1.97 bits per heavy atom. The molecule has 190 valence electrons. The highest BCUT2D eigenvalue weighted by molar-refractivity contribution is 7.84. The van der Waals surface area contributed by atoms with Crippen LogP contribution in [0.1, 0.15) is 46.7 Å². The molecule has 2 heterocycles. The number of aliphatic hydroxyl groups is 1. The first kappa shape index (κ1) is 24.6. The number of anilines is 1. The van der Waals surface area contributed by atoms with Crippen LogP contribution in [0.25, 0.3) is 0 Å². The topological polar surface area (TPSA) is 149 Å². The quantitative estimate of drug-likeness (QED) is 0.350. The lowest BCUT2D eigenvalue weighted by Crippen LogP contribution is -2.24. The summed E-state index contributed by atoms with van der Waals surface area (Å²) in [6.45, 7) is 0.651. The van der Waals surface area contributed by atoms with Crippen LogP contribution in [0, 0.1) is 11.8 Å². The smallest absolute Gasteiger partial charge is 0.333 e. The zero-order valence-corrected chi connectivity index (χ0v) is 20.4. The molecule has 3 aromatic rings. The molecule has 5 rings (SSSR count). The van der Waals surface area contributed by atoms with Crippen molar-refractivity contribution in [3.63, 3.8) is 0 Å². The van der Waals surface area contributed by atoms with Crippen molar-refractivity contribution in [2.24, 2.45) is 17.0 Å². The molecular weight excluding hydrogens is 482 g/mol. The molecule has 36 heavy (non-hydrogen) atoms. The monoisotopic (exact) mass is 511 g/mol. The van der Waals surface area contributed by atoms with Crippen molar-refractivity contribution >= 4 is 21.9 Å². The number of ketones is 1. The molecule has 4 N–H and O–H groups in total. The number of carbonyl (C=O) groups excluding carboxylic acids is 1. The van der Waals surface area contributed by atoms with Gasteiger partial charge in [-0.25, -0.2) is 15.1 Å². The summed E-state index contributed by atoms with van der Waals surface area (Å²) >= 11 is 0. The first-order valence-electron chi connectivity index (χ1n) is 11.9. The Kier molecular flexibility index (Phi) is 6.89. The lowest BCUT2D eigenvalue weighted by atomic mass is 10.1. The number of hydrogen-bond acceptors (Lipinski definition) is 8. The van der Waals surface area contributed by atoms with E-state index in [0.29, 0.717) is 41.6 Å². The van der Waals surface area contributed by atoms with Crippen LogP contribution in [-0.2, 0) is 21.0 Å². The minimum absolute atomic E-state index is 0.195. The van der Waals surface area contributed by atoms with Gasteiger partial charge in [-0.15, -0.1) is 0 Å². The third-order valence-electron chi connectivity index (χ3n) is 7.01. The number of nitrogens with two attached hydrogens (primary N) is 1. The average Bonchev–Trinajstić information content (AvgIpc) is 3.29. The van der Waals surface area contributed by atoms with E-state index in [0.717, 1.165) is 13.0 Å². The molecule has 0 saturated heterocycles. The van der Waals surface area contributed by atoms with Crippen LogP contribution >= 0.6 is 0 Å². The summed E-state index contributed by atoms with van der Waals surface area (Å²) in [4.78, 5) is 21.6. The van der Waals surface area contributed by atoms with Crippen LogP contribution < -0.4 is 10.5 Å².